The zero-order chi connectivity index (χ0) is 31.6. The molecule has 1 aliphatic heterocycles. The molecule has 3 heterocycles. The van der Waals surface area contributed by atoms with Crippen LogP contribution in [0, 0.1) is 6.92 Å². The molecule has 0 unspecified atom stereocenters. The molecule has 6 rings (SSSR count). The normalized spacial score (nSPS) is 16.1. The molecule has 1 saturated heterocycles. The molecule has 8 nitrogen and oxygen atoms in total. The number of aliphatic carboxylic acids is 1. The Morgan fingerprint density at radius 2 is 1.73 bits per heavy atom. The van der Waals surface area contributed by atoms with Crippen LogP contribution in [0.1, 0.15) is 38.0 Å². The number of rotatable bonds is 6. The first-order chi connectivity index (χ1) is 20.7. The van der Waals surface area contributed by atoms with Crippen LogP contribution in [-0.2, 0) is 16.6 Å². The van der Waals surface area contributed by atoms with Gasteiger partial charge in [-0.2, -0.15) is 5.10 Å². The molecule has 1 atom stereocenters. The Balaban J connectivity index is 1.52. The van der Waals surface area contributed by atoms with Crippen molar-refractivity contribution in [2.24, 2.45) is 7.05 Å². The smallest absolute Gasteiger partial charge is 0.158 e. The summed E-state index contributed by atoms with van der Waals surface area (Å²) in [5, 5.41) is 20.0. The number of quaternary nitrogens is 1. The fraction of sp³-hybridized carbons (Fsp3) is 0.382. The van der Waals surface area contributed by atoms with Crippen LogP contribution in [0.4, 0.5) is 5.82 Å². The Labute approximate surface area is 267 Å². The lowest BCUT2D eigenvalue weighted by Crippen LogP contribution is -2.55. The molecule has 44 heavy (non-hydrogen) atoms. The molecule has 2 aromatic heterocycles. The number of carbonyl (C=O) groups is 1. The largest absolute Gasteiger partial charge is 0.547 e. The molecule has 0 aliphatic carbocycles. The first kappa shape index (κ1) is 30.5. The minimum atomic E-state index is -1.28. The summed E-state index contributed by atoms with van der Waals surface area (Å²) >= 11 is 7.80. The molecule has 5 aromatic rings. The maximum atomic E-state index is 12.6. The van der Waals surface area contributed by atoms with Gasteiger partial charge in [0.15, 0.2) is 5.82 Å². The standard InChI is InChI=1S/C34H38ClN5O3S/c1-20-18-25-30(28(21-8-11-23(35)12-9-21)27(20)29(33(41)42)43-34(2,3)4)44-32(36-25)22-10-13-26-24(19-22)31(37-38(26)5)39-14-16-40(6,7)17-15-39/h8-13,18-19,29H,14-17H2,1-7H3/t29-/m0/s1. The number of thiazole rings is 1. The van der Waals surface area contributed by atoms with Gasteiger partial charge in [0.05, 0.1) is 67.6 Å². The van der Waals surface area contributed by atoms with Gasteiger partial charge in [0.2, 0.25) is 0 Å². The third kappa shape index (κ3) is 5.81. The maximum absolute atomic E-state index is 12.6. The number of benzene rings is 3. The molecule has 1 fully saturated rings. The molecule has 0 N–H and O–H groups in total. The van der Waals surface area contributed by atoms with Gasteiger partial charge >= 0.3 is 0 Å². The van der Waals surface area contributed by atoms with Gasteiger partial charge in [0.25, 0.3) is 0 Å². The van der Waals surface area contributed by atoms with Crippen molar-refractivity contribution < 1.29 is 19.1 Å². The van der Waals surface area contributed by atoms with Crippen molar-refractivity contribution in [3.8, 4) is 21.7 Å². The summed E-state index contributed by atoms with van der Waals surface area (Å²) in [6.07, 6.45) is -1.27. The lowest BCUT2D eigenvalue weighted by atomic mass is 9.91. The van der Waals surface area contributed by atoms with Crippen LogP contribution in [0.3, 0.4) is 0 Å². The lowest BCUT2D eigenvalue weighted by Gasteiger charge is -2.39. The SMILES string of the molecule is Cc1cc2nc(-c3ccc4c(c3)c(N3CC[N+](C)(C)CC3)nn4C)sc2c(-c2ccc(Cl)cc2)c1[C@H](OC(C)(C)C)C(=O)[O-]. The quantitative estimate of drug-likeness (QED) is 0.214. The van der Waals surface area contributed by atoms with E-state index in [2.05, 4.69) is 37.2 Å². The second-order valence-corrected chi connectivity index (χ2v) is 14.8. The fourth-order valence-electron chi connectivity index (χ4n) is 5.99. The van der Waals surface area contributed by atoms with Gasteiger partial charge < -0.3 is 24.0 Å². The van der Waals surface area contributed by atoms with Crippen LogP contribution >= 0.6 is 22.9 Å². The van der Waals surface area contributed by atoms with Crippen molar-refractivity contribution in [1.29, 1.82) is 0 Å². The van der Waals surface area contributed by atoms with Crippen LogP contribution in [0.15, 0.2) is 48.5 Å². The number of aromatic nitrogens is 3. The summed E-state index contributed by atoms with van der Waals surface area (Å²) in [5.41, 5.74) is 5.11. The number of likely N-dealkylation sites (N-methyl/N-ethyl adjacent to an activating group) is 1. The van der Waals surface area contributed by atoms with E-state index in [1.807, 2.05) is 69.8 Å². The van der Waals surface area contributed by atoms with Crippen molar-refractivity contribution in [3.05, 3.63) is 64.7 Å². The van der Waals surface area contributed by atoms with Crippen LogP contribution in [0.25, 0.3) is 42.8 Å². The average molecular weight is 632 g/mol. The number of fused-ring (bicyclic) bond motifs is 2. The van der Waals surface area contributed by atoms with Crippen molar-refractivity contribution in [2.45, 2.75) is 39.4 Å². The van der Waals surface area contributed by atoms with Gasteiger partial charge in [-0.25, -0.2) is 4.98 Å². The Hall–Kier alpha value is -3.50. The number of halogens is 1. The zero-order valence-corrected chi connectivity index (χ0v) is 27.8. The van der Waals surface area contributed by atoms with Gasteiger partial charge in [-0.05, 0) is 80.8 Å². The number of ether oxygens (including phenoxy) is 1. The number of aryl methyl sites for hydroxylation is 2. The number of carboxylic acid groups (broad SMARTS) is 1. The summed E-state index contributed by atoms with van der Waals surface area (Å²) in [6, 6.07) is 15.8. The van der Waals surface area contributed by atoms with Gasteiger partial charge in [-0.15, -0.1) is 11.3 Å². The Morgan fingerprint density at radius 1 is 1.07 bits per heavy atom. The van der Waals surface area contributed by atoms with E-state index in [1.165, 1.54) is 0 Å². The second kappa shape index (κ2) is 11.1. The lowest BCUT2D eigenvalue weighted by molar-refractivity contribution is -0.890. The number of nitrogens with zero attached hydrogens (tertiary/aromatic N) is 5. The van der Waals surface area contributed by atoms with Gasteiger partial charge in [0.1, 0.15) is 11.1 Å². The first-order valence-corrected chi connectivity index (χ1v) is 16.0. The molecule has 3 aromatic carbocycles. The summed E-state index contributed by atoms with van der Waals surface area (Å²) in [4.78, 5) is 20.0. The molecule has 0 spiro atoms. The molecular formula is C34H38ClN5O3S. The number of carboxylic acids is 1. The van der Waals surface area contributed by atoms with Crippen LogP contribution < -0.4 is 10.0 Å². The molecule has 0 amide bonds. The summed E-state index contributed by atoms with van der Waals surface area (Å²) < 4.78 is 9.95. The van der Waals surface area contributed by atoms with E-state index in [1.54, 1.807) is 11.3 Å². The Bertz CT molecular complexity index is 1880. The monoisotopic (exact) mass is 631 g/mol. The highest BCUT2D eigenvalue weighted by Crippen LogP contribution is 2.44. The van der Waals surface area contributed by atoms with Crippen molar-refractivity contribution in [2.75, 3.05) is 45.2 Å². The predicted octanol–water partition coefficient (Wildman–Crippen LogP) is 5.98. The van der Waals surface area contributed by atoms with Crippen LogP contribution in [-0.4, -0.2) is 71.1 Å². The molecule has 1 aliphatic rings. The van der Waals surface area contributed by atoms with Crippen molar-refractivity contribution in [1.82, 2.24) is 14.8 Å². The zero-order valence-electron chi connectivity index (χ0n) is 26.3. The number of piperazine rings is 1. The fourth-order valence-corrected chi connectivity index (χ4v) is 7.23. The van der Waals surface area contributed by atoms with E-state index in [0.717, 1.165) is 84.9 Å². The van der Waals surface area contributed by atoms with E-state index in [-0.39, 0.29) is 0 Å². The highest BCUT2D eigenvalue weighted by Gasteiger charge is 2.30. The maximum Gasteiger partial charge on any atom is 0.158 e. The van der Waals surface area contributed by atoms with Crippen molar-refractivity contribution in [3.63, 3.8) is 0 Å². The summed E-state index contributed by atoms with van der Waals surface area (Å²) in [6.45, 7) is 11.5. The summed E-state index contributed by atoms with van der Waals surface area (Å²) in [7, 11) is 6.53. The third-order valence-corrected chi connectivity index (χ3v) is 9.73. The average Bonchev–Trinajstić information content (AvgIpc) is 3.52. The van der Waals surface area contributed by atoms with Gasteiger partial charge in [-0.1, -0.05) is 23.7 Å². The van der Waals surface area contributed by atoms with E-state index < -0.39 is 17.7 Å². The topological polar surface area (TPSA) is 83.3 Å². The van der Waals surface area contributed by atoms with E-state index in [9.17, 15) is 9.90 Å². The molecule has 0 saturated carbocycles. The van der Waals surface area contributed by atoms with E-state index >= 15 is 0 Å². The second-order valence-electron chi connectivity index (χ2n) is 13.3. The number of hydrogen-bond acceptors (Lipinski definition) is 7. The number of hydrogen-bond donors (Lipinski definition) is 0. The van der Waals surface area contributed by atoms with Crippen LogP contribution in [0.2, 0.25) is 5.02 Å². The summed E-state index contributed by atoms with van der Waals surface area (Å²) in [5.74, 6) is -0.280. The highest BCUT2D eigenvalue weighted by atomic mass is 35.5. The molecule has 0 radical (unpaired) electrons. The highest BCUT2D eigenvalue weighted by molar-refractivity contribution is 7.22. The minimum Gasteiger partial charge on any atom is -0.547 e. The molecule has 230 valence electrons. The van der Waals surface area contributed by atoms with Crippen LogP contribution in [0.5, 0.6) is 0 Å². The first-order valence-electron chi connectivity index (χ1n) is 14.8. The number of anilines is 1. The minimum absolute atomic E-state index is 0.571. The third-order valence-electron chi connectivity index (χ3n) is 8.34. The Morgan fingerprint density at radius 3 is 2.36 bits per heavy atom. The Kier molecular flexibility index (Phi) is 7.73. The molecule has 0 bridgehead atoms. The van der Waals surface area contributed by atoms with E-state index in [0.29, 0.717) is 10.6 Å². The van der Waals surface area contributed by atoms with Gasteiger partial charge in [0, 0.05) is 28.6 Å². The van der Waals surface area contributed by atoms with Gasteiger partial charge in [-0.3, -0.25) is 4.68 Å². The number of carbonyl (C=O) groups excluding carboxylic acids is 1. The predicted molar refractivity (Wildman–Crippen MR) is 177 cm³/mol. The molecular weight excluding hydrogens is 594 g/mol. The van der Waals surface area contributed by atoms with E-state index in [4.69, 9.17) is 26.4 Å². The molecule has 10 heteroatoms. The van der Waals surface area contributed by atoms with Crippen molar-refractivity contribution >= 4 is 55.8 Å².